The van der Waals surface area contributed by atoms with Gasteiger partial charge in [-0.05, 0) is 30.0 Å². The van der Waals surface area contributed by atoms with Crippen molar-refractivity contribution in [1.29, 1.82) is 0 Å². The number of aliphatic hydroxyl groups is 1. The molecule has 1 aromatic carbocycles. The van der Waals surface area contributed by atoms with Gasteiger partial charge in [-0.1, -0.05) is 38.1 Å². The summed E-state index contributed by atoms with van der Waals surface area (Å²) in [6.45, 7) is 4.74. The van der Waals surface area contributed by atoms with Crippen LogP contribution in [0.1, 0.15) is 43.4 Å². The molecule has 0 aromatic heterocycles. The Kier molecular flexibility index (Phi) is 4.11. The highest BCUT2D eigenvalue weighted by Gasteiger charge is 2.06. The van der Waals surface area contributed by atoms with Crippen LogP contribution in [0.4, 0.5) is 0 Å². The van der Waals surface area contributed by atoms with E-state index >= 15 is 0 Å². The van der Waals surface area contributed by atoms with Gasteiger partial charge < -0.3 is 10.8 Å². The summed E-state index contributed by atoms with van der Waals surface area (Å²) in [5.41, 5.74) is 7.80. The minimum absolute atomic E-state index is 0.336. The summed E-state index contributed by atoms with van der Waals surface area (Å²) in [6, 6.07) is 8.06. The van der Waals surface area contributed by atoms with Gasteiger partial charge in [-0.2, -0.15) is 0 Å². The summed E-state index contributed by atoms with van der Waals surface area (Å²) in [6.07, 6.45) is 0.420. The zero-order chi connectivity index (χ0) is 10.6. The van der Waals surface area contributed by atoms with Gasteiger partial charge in [-0.25, -0.2) is 0 Å². The van der Waals surface area contributed by atoms with Gasteiger partial charge in [0.2, 0.25) is 0 Å². The van der Waals surface area contributed by atoms with Crippen molar-refractivity contribution in [2.45, 2.75) is 32.3 Å². The molecule has 78 valence electrons. The molecule has 2 atom stereocenters. The van der Waals surface area contributed by atoms with Gasteiger partial charge in [0.1, 0.15) is 0 Å². The molecule has 1 aromatic rings. The van der Waals surface area contributed by atoms with Gasteiger partial charge in [0.05, 0.1) is 6.10 Å². The Morgan fingerprint density at radius 2 is 1.71 bits per heavy atom. The Hall–Kier alpha value is -0.860. The first kappa shape index (κ1) is 11.2. The van der Waals surface area contributed by atoms with Crippen LogP contribution in [-0.4, -0.2) is 11.7 Å². The molecular formula is C12H19NO. The predicted molar refractivity (Wildman–Crippen MR) is 59.2 cm³/mol. The SMILES string of the molecule is CCC(O)c1ccc(C(C)CN)cc1. The molecule has 0 saturated carbocycles. The van der Waals surface area contributed by atoms with Crippen molar-refractivity contribution < 1.29 is 5.11 Å². The average molecular weight is 193 g/mol. The van der Waals surface area contributed by atoms with Crippen molar-refractivity contribution >= 4 is 0 Å². The van der Waals surface area contributed by atoms with Crippen molar-refractivity contribution in [3.05, 3.63) is 35.4 Å². The lowest BCUT2D eigenvalue weighted by Gasteiger charge is -2.12. The maximum atomic E-state index is 9.59. The first-order valence-corrected chi connectivity index (χ1v) is 5.17. The van der Waals surface area contributed by atoms with Crippen LogP contribution in [0.25, 0.3) is 0 Å². The first-order valence-electron chi connectivity index (χ1n) is 5.17. The molecule has 0 aliphatic rings. The maximum absolute atomic E-state index is 9.59. The minimum atomic E-state index is -0.336. The Morgan fingerprint density at radius 3 is 2.14 bits per heavy atom. The molecule has 1 rings (SSSR count). The Balaban J connectivity index is 2.78. The van der Waals surface area contributed by atoms with Crippen LogP contribution in [0.2, 0.25) is 0 Å². The van der Waals surface area contributed by atoms with Gasteiger partial charge in [0.15, 0.2) is 0 Å². The topological polar surface area (TPSA) is 46.2 Å². The third-order valence-corrected chi connectivity index (χ3v) is 2.63. The van der Waals surface area contributed by atoms with Crippen molar-refractivity contribution in [1.82, 2.24) is 0 Å². The molecule has 14 heavy (non-hydrogen) atoms. The van der Waals surface area contributed by atoms with Crippen LogP contribution in [0.5, 0.6) is 0 Å². The maximum Gasteiger partial charge on any atom is 0.0787 e. The number of hydrogen-bond acceptors (Lipinski definition) is 2. The molecule has 0 saturated heterocycles. The minimum Gasteiger partial charge on any atom is -0.388 e. The highest BCUT2D eigenvalue weighted by Crippen LogP contribution is 2.19. The molecule has 0 fully saturated rings. The lowest BCUT2D eigenvalue weighted by atomic mass is 9.98. The molecule has 0 amide bonds. The van der Waals surface area contributed by atoms with Crippen molar-refractivity contribution in [3.8, 4) is 0 Å². The van der Waals surface area contributed by atoms with E-state index in [0.29, 0.717) is 12.5 Å². The molecular weight excluding hydrogens is 174 g/mol. The molecule has 0 radical (unpaired) electrons. The van der Waals surface area contributed by atoms with E-state index in [9.17, 15) is 5.11 Å². The lowest BCUT2D eigenvalue weighted by molar-refractivity contribution is 0.173. The number of aliphatic hydroxyl groups excluding tert-OH is 1. The fraction of sp³-hybridized carbons (Fsp3) is 0.500. The monoisotopic (exact) mass is 193 g/mol. The zero-order valence-electron chi connectivity index (χ0n) is 8.90. The van der Waals surface area contributed by atoms with Gasteiger partial charge in [-0.15, -0.1) is 0 Å². The molecule has 2 nitrogen and oxygen atoms in total. The molecule has 0 bridgehead atoms. The van der Waals surface area contributed by atoms with E-state index in [1.807, 2.05) is 31.2 Å². The van der Waals surface area contributed by atoms with Crippen LogP contribution in [0, 0.1) is 0 Å². The van der Waals surface area contributed by atoms with E-state index < -0.39 is 0 Å². The largest absolute Gasteiger partial charge is 0.388 e. The fourth-order valence-electron chi connectivity index (χ4n) is 1.42. The van der Waals surface area contributed by atoms with E-state index in [0.717, 1.165) is 12.0 Å². The van der Waals surface area contributed by atoms with E-state index in [4.69, 9.17) is 5.73 Å². The highest BCUT2D eigenvalue weighted by atomic mass is 16.3. The average Bonchev–Trinajstić information content (AvgIpc) is 2.27. The molecule has 0 spiro atoms. The second-order valence-corrected chi connectivity index (χ2v) is 3.73. The van der Waals surface area contributed by atoms with E-state index in [1.54, 1.807) is 0 Å². The van der Waals surface area contributed by atoms with Crippen LogP contribution < -0.4 is 5.73 Å². The van der Waals surface area contributed by atoms with Crippen molar-refractivity contribution in [3.63, 3.8) is 0 Å². The summed E-state index contributed by atoms with van der Waals surface area (Å²) >= 11 is 0. The Morgan fingerprint density at radius 1 is 1.21 bits per heavy atom. The lowest BCUT2D eigenvalue weighted by Crippen LogP contribution is -2.08. The van der Waals surface area contributed by atoms with Gasteiger partial charge >= 0.3 is 0 Å². The second-order valence-electron chi connectivity index (χ2n) is 3.73. The molecule has 0 heterocycles. The smallest absolute Gasteiger partial charge is 0.0787 e. The molecule has 2 heteroatoms. The van der Waals surface area contributed by atoms with E-state index in [2.05, 4.69) is 6.92 Å². The third kappa shape index (κ3) is 2.56. The zero-order valence-corrected chi connectivity index (χ0v) is 8.90. The number of hydrogen-bond donors (Lipinski definition) is 2. The molecule has 0 aliphatic carbocycles. The summed E-state index contributed by atoms with van der Waals surface area (Å²) in [7, 11) is 0. The van der Waals surface area contributed by atoms with Crippen LogP contribution in [0.15, 0.2) is 24.3 Å². The quantitative estimate of drug-likeness (QED) is 0.770. The highest BCUT2D eigenvalue weighted by molar-refractivity contribution is 5.26. The van der Waals surface area contributed by atoms with Crippen LogP contribution >= 0.6 is 0 Å². The standard InChI is InChI=1S/C12H19NO/c1-3-12(14)11-6-4-10(5-7-11)9(2)8-13/h4-7,9,12,14H,3,8,13H2,1-2H3. The number of nitrogens with two attached hydrogens (primary N) is 1. The summed E-state index contributed by atoms with van der Waals surface area (Å²) in [5.74, 6) is 0.391. The Labute approximate surface area is 85.8 Å². The summed E-state index contributed by atoms with van der Waals surface area (Å²) in [4.78, 5) is 0. The van der Waals surface area contributed by atoms with Crippen molar-refractivity contribution in [2.24, 2.45) is 5.73 Å². The third-order valence-electron chi connectivity index (χ3n) is 2.63. The summed E-state index contributed by atoms with van der Waals surface area (Å²) in [5, 5.41) is 9.59. The predicted octanol–water partition coefficient (Wildman–Crippen LogP) is 2.19. The van der Waals surface area contributed by atoms with Crippen molar-refractivity contribution in [2.75, 3.05) is 6.54 Å². The molecule has 3 N–H and O–H groups in total. The van der Waals surface area contributed by atoms with E-state index in [1.165, 1.54) is 5.56 Å². The number of benzene rings is 1. The summed E-state index contributed by atoms with van der Waals surface area (Å²) < 4.78 is 0. The van der Waals surface area contributed by atoms with Crippen LogP contribution in [0.3, 0.4) is 0 Å². The van der Waals surface area contributed by atoms with Crippen LogP contribution in [-0.2, 0) is 0 Å². The van der Waals surface area contributed by atoms with E-state index in [-0.39, 0.29) is 6.10 Å². The second kappa shape index (κ2) is 5.13. The van der Waals surface area contributed by atoms with Gasteiger partial charge in [0, 0.05) is 0 Å². The fourth-order valence-corrected chi connectivity index (χ4v) is 1.42. The van der Waals surface area contributed by atoms with Gasteiger partial charge in [-0.3, -0.25) is 0 Å². The normalized spacial score (nSPS) is 15.1. The number of rotatable bonds is 4. The van der Waals surface area contributed by atoms with Gasteiger partial charge in [0.25, 0.3) is 0 Å². The molecule has 2 unspecified atom stereocenters. The Bertz CT molecular complexity index is 239. The molecule has 0 aliphatic heterocycles. The first-order chi connectivity index (χ1) is 6.69.